The molecule has 0 spiro atoms. The smallest absolute Gasteiger partial charge is 0.313 e. The van der Waals surface area contributed by atoms with E-state index < -0.39 is 5.60 Å². The number of aliphatic hydroxyl groups is 1. The van der Waals surface area contributed by atoms with Crippen molar-refractivity contribution in [2.45, 2.75) is 31.4 Å². The fourth-order valence-electron chi connectivity index (χ4n) is 2.60. The van der Waals surface area contributed by atoms with E-state index in [2.05, 4.69) is 0 Å². The second kappa shape index (κ2) is 3.73. The zero-order valence-corrected chi connectivity index (χ0v) is 9.10. The lowest BCUT2D eigenvalue weighted by atomic mass is 9.84. The normalized spacial score (nSPS) is 40.5. The summed E-state index contributed by atoms with van der Waals surface area (Å²) in [5, 5.41) is 11.2. The highest BCUT2D eigenvalue weighted by molar-refractivity contribution is 5.75. The predicted octanol–water partition coefficient (Wildman–Crippen LogP) is -0.0638. The minimum atomic E-state index is -0.821. The highest BCUT2D eigenvalue weighted by Crippen LogP contribution is 2.42. The van der Waals surface area contributed by atoms with E-state index in [0.717, 1.165) is 19.4 Å². The molecule has 2 aliphatic rings. The van der Waals surface area contributed by atoms with Crippen LogP contribution in [0.3, 0.4) is 0 Å². The molecule has 0 radical (unpaired) electrons. The maximum atomic E-state index is 11.7. The van der Waals surface area contributed by atoms with Gasteiger partial charge in [-0.3, -0.25) is 9.63 Å². The van der Waals surface area contributed by atoms with Gasteiger partial charge in [-0.2, -0.15) is 5.06 Å². The van der Waals surface area contributed by atoms with Crippen LogP contribution in [0.2, 0.25) is 0 Å². The van der Waals surface area contributed by atoms with Crippen LogP contribution in [0, 0.1) is 5.92 Å². The highest BCUT2D eigenvalue weighted by atomic mass is 16.7. The van der Waals surface area contributed by atoms with Gasteiger partial charge in [0.2, 0.25) is 0 Å². The van der Waals surface area contributed by atoms with Crippen LogP contribution in [0.5, 0.6) is 0 Å². The van der Waals surface area contributed by atoms with Crippen LogP contribution in [0.25, 0.3) is 0 Å². The van der Waals surface area contributed by atoms with Crippen LogP contribution in [0.15, 0.2) is 0 Å². The van der Waals surface area contributed by atoms with Crippen LogP contribution in [0.1, 0.15) is 19.8 Å². The van der Waals surface area contributed by atoms with Gasteiger partial charge in [0.1, 0.15) is 11.5 Å². The Hall–Kier alpha value is -0.650. The van der Waals surface area contributed by atoms with E-state index in [1.807, 2.05) is 5.06 Å². The monoisotopic (exact) mass is 215 g/mol. The average molecular weight is 215 g/mol. The number of fused-ring (bicyclic) bond motifs is 1. The Morgan fingerprint density at radius 2 is 2.47 bits per heavy atom. The Kier molecular flexibility index (Phi) is 2.70. The van der Waals surface area contributed by atoms with Gasteiger partial charge in [-0.15, -0.1) is 0 Å². The number of nitrogens with zero attached hydrogens (tertiary/aromatic N) is 1. The minimum absolute atomic E-state index is 0.0644. The summed E-state index contributed by atoms with van der Waals surface area (Å²) in [4.78, 5) is 17.3. The predicted molar refractivity (Wildman–Crippen MR) is 51.8 cm³/mol. The molecule has 0 amide bonds. The topological polar surface area (TPSA) is 59.0 Å². The molecule has 0 aromatic carbocycles. The Labute approximate surface area is 88.9 Å². The number of carbonyl (C=O) groups excluding carboxylic acids is 1. The van der Waals surface area contributed by atoms with E-state index in [0.29, 0.717) is 0 Å². The quantitative estimate of drug-likeness (QED) is 0.654. The van der Waals surface area contributed by atoms with E-state index >= 15 is 0 Å². The summed E-state index contributed by atoms with van der Waals surface area (Å²) in [7, 11) is 1.37. The number of hydrogen-bond acceptors (Lipinski definition) is 5. The minimum Gasteiger partial charge on any atom is -0.469 e. The largest absolute Gasteiger partial charge is 0.469 e. The van der Waals surface area contributed by atoms with Crippen molar-refractivity contribution in [2.24, 2.45) is 5.92 Å². The number of esters is 1. The molecule has 5 heteroatoms. The summed E-state index contributed by atoms with van der Waals surface area (Å²) in [5.41, 5.74) is -0.821. The highest BCUT2D eigenvalue weighted by Gasteiger charge is 2.56. The first kappa shape index (κ1) is 10.9. The van der Waals surface area contributed by atoms with Crippen molar-refractivity contribution < 1.29 is 19.5 Å². The third kappa shape index (κ3) is 1.55. The fraction of sp³-hybridized carbons (Fsp3) is 0.900. The van der Waals surface area contributed by atoms with E-state index in [1.54, 1.807) is 6.92 Å². The first-order valence-corrected chi connectivity index (χ1v) is 5.27. The summed E-state index contributed by atoms with van der Waals surface area (Å²) < 4.78 is 4.78. The standard InChI is InChI=1S/C10H17NO4/c1-10(6-12)8(9(13)14-2)7-4-3-5-11(7)15-10/h7-8,12H,3-6H2,1-2H3/t7-,8+,10+/m1/s1. The van der Waals surface area contributed by atoms with Crippen molar-refractivity contribution >= 4 is 5.97 Å². The van der Waals surface area contributed by atoms with E-state index in [-0.39, 0.29) is 24.5 Å². The lowest BCUT2D eigenvalue weighted by molar-refractivity contribution is -0.205. The molecule has 2 heterocycles. The number of hydrogen-bond donors (Lipinski definition) is 1. The maximum absolute atomic E-state index is 11.7. The molecule has 0 unspecified atom stereocenters. The number of hydroxylamine groups is 2. The summed E-state index contributed by atoms with van der Waals surface area (Å²) in [6.45, 7) is 2.42. The lowest BCUT2D eigenvalue weighted by Crippen LogP contribution is -2.44. The van der Waals surface area contributed by atoms with Gasteiger partial charge in [0.05, 0.1) is 19.8 Å². The van der Waals surface area contributed by atoms with Crippen LogP contribution >= 0.6 is 0 Å². The first-order valence-electron chi connectivity index (χ1n) is 5.27. The number of carbonyl (C=O) groups is 1. The van der Waals surface area contributed by atoms with Crippen molar-refractivity contribution in [3.8, 4) is 0 Å². The molecule has 2 rings (SSSR count). The van der Waals surface area contributed by atoms with Gasteiger partial charge in [0.15, 0.2) is 0 Å². The Morgan fingerprint density at radius 3 is 3.07 bits per heavy atom. The van der Waals surface area contributed by atoms with Crippen LogP contribution in [0.4, 0.5) is 0 Å². The van der Waals surface area contributed by atoms with Gasteiger partial charge in [-0.1, -0.05) is 0 Å². The van der Waals surface area contributed by atoms with Gasteiger partial charge in [0, 0.05) is 6.54 Å². The fourth-order valence-corrected chi connectivity index (χ4v) is 2.60. The van der Waals surface area contributed by atoms with Gasteiger partial charge < -0.3 is 9.84 Å². The summed E-state index contributed by atoms with van der Waals surface area (Å²) in [5.74, 6) is -0.670. The molecule has 15 heavy (non-hydrogen) atoms. The zero-order chi connectivity index (χ0) is 11.1. The number of ether oxygens (including phenoxy) is 1. The summed E-state index contributed by atoms with van der Waals surface area (Å²) >= 11 is 0. The molecular formula is C10H17NO4. The summed E-state index contributed by atoms with van der Waals surface area (Å²) in [6.07, 6.45) is 1.95. The zero-order valence-electron chi connectivity index (χ0n) is 9.10. The van der Waals surface area contributed by atoms with Crippen molar-refractivity contribution in [1.29, 1.82) is 0 Å². The number of methoxy groups -OCH3 is 1. The average Bonchev–Trinajstić information content (AvgIpc) is 2.75. The van der Waals surface area contributed by atoms with Gasteiger partial charge in [0.25, 0.3) is 0 Å². The maximum Gasteiger partial charge on any atom is 0.313 e. The molecule has 0 bridgehead atoms. The molecule has 0 aliphatic carbocycles. The van der Waals surface area contributed by atoms with Crippen LogP contribution in [-0.4, -0.2) is 48.0 Å². The molecule has 86 valence electrons. The van der Waals surface area contributed by atoms with E-state index in [9.17, 15) is 9.90 Å². The van der Waals surface area contributed by atoms with Gasteiger partial charge in [-0.25, -0.2) is 0 Å². The second-order valence-electron chi connectivity index (χ2n) is 4.41. The van der Waals surface area contributed by atoms with Crippen molar-refractivity contribution in [1.82, 2.24) is 5.06 Å². The second-order valence-corrected chi connectivity index (χ2v) is 4.41. The molecule has 2 fully saturated rings. The molecule has 5 nitrogen and oxygen atoms in total. The first-order chi connectivity index (χ1) is 7.12. The number of rotatable bonds is 2. The van der Waals surface area contributed by atoms with E-state index in [1.165, 1.54) is 7.11 Å². The molecule has 2 aliphatic heterocycles. The molecule has 2 saturated heterocycles. The number of aliphatic hydroxyl groups excluding tert-OH is 1. The molecule has 3 atom stereocenters. The SMILES string of the molecule is COC(=O)[C@@H]1[C@H]2CCCN2O[C@@]1(C)CO. The third-order valence-corrected chi connectivity index (χ3v) is 3.39. The van der Waals surface area contributed by atoms with Gasteiger partial charge in [-0.05, 0) is 19.8 Å². The Morgan fingerprint density at radius 1 is 1.73 bits per heavy atom. The van der Waals surface area contributed by atoms with Crippen molar-refractivity contribution in [3.05, 3.63) is 0 Å². The third-order valence-electron chi connectivity index (χ3n) is 3.39. The summed E-state index contributed by atoms with van der Waals surface area (Å²) in [6, 6.07) is 0.0644. The Balaban J connectivity index is 2.24. The molecule has 0 saturated carbocycles. The molecular weight excluding hydrogens is 198 g/mol. The Bertz CT molecular complexity index is 270. The van der Waals surface area contributed by atoms with Gasteiger partial charge >= 0.3 is 5.97 Å². The lowest BCUT2D eigenvalue weighted by Gasteiger charge is -2.26. The van der Waals surface area contributed by atoms with Crippen LogP contribution in [-0.2, 0) is 14.4 Å². The van der Waals surface area contributed by atoms with Crippen molar-refractivity contribution in [3.63, 3.8) is 0 Å². The van der Waals surface area contributed by atoms with Crippen molar-refractivity contribution in [2.75, 3.05) is 20.3 Å². The molecule has 1 N–H and O–H groups in total. The van der Waals surface area contributed by atoms with E-state index in [4.69, 9.17) is 9.57 Å². The molecule has 0 aromatic heterocycles. The molecule has 0 aromatic rings. The van der Waals surface area contributed by atoms with Crippen LogP contribution < -0.4 is 0 Å².